The van der Waals surface area contributed by atoms with E-state index in [-0.39, 0.29) is 11.5 Å². The molecule has 162 valence electrons. The molecule has 13 heteroatoms. The van der Waals surface area contributed by atoms with E-state index in [2.05, 4.69) is 4.72 Å². The van der Waals surface area contributed by atoms with Gasteiger partial charge in [-0.25, -0.2) is 8.42 Å². The van der Waals surface area contributed by atoms with Crippen LogP contribution in [0.15, 0.2) is 39.2 Å². The van der Waals surface area contributed by atoms with E-state index in [0.29, 0.717) is 17.9 Å². The van der Waals surface area contributed by atoms with E-state index in [4.69, 9.17) is 85.9 Å². The van der Waals surface area contributed by atoms with E-state index in [1.807, 2.05) is 6.92 Å². The summed E-state index contributed by atoms with van der Waals surface area (Å²) in [6.07, 6.45) is 1.15. The molecule has 0 saturated carbocycles. The molecule has 1 aliphatic carbocycles. The van der Waals surface area contributed by atoms with Gasteiger partial charge in [0, 0.05) is 11.6 Å². The molecule has 1 aromatic carbocycles. The van der Waals surface area contributed by atoms with Gasteiger partial charge in [0.2, 0.25) is 30.2 Å². The highest BCUT2D eigenvalue weighted by Crippen LogP contribution is 2.59. The summed E-state index contributed by atoms with van der Waals surface area (Å²) in [5.74, 6) is -1.10. The van der Waals surface area contributed by atoms with Crippen molar-refractivity contribution in [3.8, 4) is 0 Å². The number of unbranched alkanes of at least 4 members (excludes halogenated alkanes) is 1. The Morgan fingerprint density at radius 2 is 1.59 bits per heavy atom. The molecule has 29 heavy (non-hydrogen) atoms. The van der Waals surface area contributed by atoms with Gasteiger partial charge in [-0.1, -0.05) is 94.6 Å². The van der Waals surface area contributed by atoms with Crippen LogP contribution >= 0.6 is 81.2 Å². The van der Waals surface area contributed by atoms with Gasteiger partial charge in [-0.3, -0.25) is 4.79 Å². The van der Waals surface area contributed by atoms with E-state index in [1.165, 1.54) is 24.3 Å². The first-order chi connectivity index (χ1) is 13.2. The van der Waals surface area contributed by atoms with Gasteiger partial charge in [0.15, 0.2) is 0 Å². The molecule has 0 amide bonds. The predicted molar refractivity (Wildman–Crippen MR) is 118 cm³/mol. The van der Waals surface area contributed by atoms with Crippen LogP contribution in [-0.2, 0) is 19.6 Å². The molecule has 0 radical (unpaired) electrons. The molecule has 1 aromatic rings. The zero-order chi connectivity index (χ0) is 22.3. The first-order valence-electron chi connectivity index (χ1n) is 8.04. The fraction of sp³-hybridized carbons (Fsp3) is 0.438. The molecule has 0 aromatic heterocycles. The van der Waals surface area contributed by atoms with Gasteiger partial charge >= 0.3 is 0 Å². The maximum Gasteiger partial charge on any atom is 0.243 e. The number of hydrogen-bond acceptors (Lipinski definition) is 4. The lowest BCUT2D eigenvalue weighted by molar-refractivity contribution is -0.120. The van der Waals surface area contributed by atoms with Crippen molar-refractivity contribution in [2.45, 2.75) is 39.1 Å². The minimum absolute atomic E-state index is 0.0563. The average Bonchev–Trinajstić information content (AvgIpc) is 2.64. The molecular formula is C16H14Cl7NO4S. The smallest absolute Gasteiger partial charge is 0.243 e. The van der Waals surface area contributed by atoms with Crippen LogP contribution < -0.4 is 4.72 Å². The number of alkyl halides is 4. The summed E-state index contributed by atoms with van der Waals surface area (Å²) in [5, 5.41) is -0.949. The SMILES string of the molecule is CCCCOC1(NS(=O)(=O)c2ccc(Cl)cc2)C(Cl)=C(Cl)C(=O)C(Cl)(Cl)C1(Cl)Cl. The van der Waals surface area contributed by atoms with Crippen LogP contribution in [0.3, 0.4) is 0 Å². The number of ether oxygens (including phenoxy) is 1. The van der Waals surface area contributed by atoms with Gasteiger partial charge in [-0.05, 0) is 30.7 Å². The van der Waals surface area contributed by atoms with Crippen LogP contribution in [0.1, 0.15) is 19.8 Å². The molecule has 1 unspecified atom stereocenters. The summed E-state index contributed by atoms with van der Waals surface area (Å²) in [6, 6.07) is 5.18. The van der Waals surface area contributed by atoms with E-state index in [0.717, 1.165) is 0 Å². The van der Waals surface area contributed by atoms with Crippen LogP contribution in [-0.4, -0.2) is 35.2 Å². The zero-order valence-electron chi connectivity index (χ0n) is 14.6. The highest BCUT2D eigenvalue weighted by Gasteiger charge is 2.72. The maximum absolute atomic E-state index is 13.0. The monoisotopic (exact) mass is 561 g/mol. The number of benzene rings is 1. The van der Waals surface area contributed by atoms with Crippen molar-refractivity contribution in [3.63, 3.8) is 0 Å². The van der Waals surface area contributed by atoms with Crippen molar-refractivity contribution in [1.82, 2.24) is 4.72 Å². The summed E-state index contributed by atoms with van der Waals surface area (Å²) in [4.78, 5) is 12.2. The van der Waals surface area contributed by atoms with Crippen molar-refractivity contribution in [2.24, 2.45) is 0 Å². The average molecular weight is 565 g/mol. The van der Waals surface area contributed by atoms with E-state index in [1.54, 1.807) is 0 Å². The molecule has 1 atom stereocenters. The van der Waals surface area contributed by atoms with Gasteiger partial charge in [0.25, 0.3) is 0 Å². The quantitative estimate of drug-likeness (QED) is 0.260. The Morgan fingerprint density at radius 1 is 1.03 bits per heavy atom. The Bertz CT molecular complexity index is 931. The number of allylic oxidation sites excluding steroid dienone is 1. The fourth-order valence-electron chi connectivity index (χ4n) is 2.42. The highest BCUT2D eigenvalue weighted by molar-refractivity contribution is 7.89. The van der Waals surface area contributed by atoms with Crippen molar-refractivity contribution in [3.05, 3.63) is 39.4 Å². The third-order valence-corrected chi connectivity index (χ3v) is 9.05. The molecule has 1 aliphatic rings. The number of carbonyl (C=O) groups excluding carboxylic acids is 1. The largest absolute Gasteiger partial charge is 0.351 e. The second-order valence-corrected chi connectivity index (χ2v) is 11.6. The van der Waals surface area contributed by atoms with Crippen molar-refractivity contribution in [2.75, 3.05) is 6.61 Å². The number of sulfonamides is 1. The number of Topliss-reactive ketones (excluding diaryl/α,β-unsaturated/α-hetero) is 1. The molecule has 0 heterocycles. The number of carbonyl (C=O) groups is 1. The Balaban J connectivity index is 2.70. The number of halogens is 7. The summed E-state index contributed by atoms with van der Waals surface area (Å²) < 4.78 is 28.8. The topological polar surface area (TPSA) is 72.5 Å². The first kappa shape index (κ1) is 25.8. The summed E-state index contributed by atoms with van der Waals surface area (Å²) in [6.45, 7) is 1.81. The molecular weight excluding hydrogens is 550 g/mol. The van der Waals surface area contributed by atoms with Gasteiger partial charge in [-0.2, -0.15) is 4.72 Å². The lowest BCUT2D eigenvalue weighted by Crippen LogP contribution is -2.71. The molecule has 0 bridgehead atoms. The third-order valence-electron chi connectivity index (χ3n) is 4.04. The predicted octanol–water partition coefficient (Wildman–Crippen LogP) is 5.75. The summed E-state index contributed by atoms with van der Waals surface area (Å²) in [7, 11) is -4.38. The van der Waals surface area contributed by atoms with Gasteiger partial charge in [0.05, 0.1) is 9.93 Å². The summed E-state index contributed by atoms with van der Waals surface area (Å²) >= 11 is 43.0. The second-order valence-electron chi connectivity index (χ2n) is 6.05. The van der Waals surface area contributed by atoms with E-state index >= 15 is 0 Å². The Hall–Kier alpha value is 0.530. The molecule has 0 aliphatic heterocycles. The fourth-order valence-corrected chi connectivity index (χ4v) is 5.83. The first-order valence-corrected chi connectivity index (χ1v) is 12.2. The Labute approximate surface area is 203 Å². The van der Waals surface area contributed by atoms with E-state index in [9.17, 15) is 13.2 Å². The van der Waals surface area contributed by atoms with Crippen molar-refractivity contribution < 1.29 is 17.9 Å². The number of ketones is 1. The lowest BCUT2D eigenvalue weighted by Gasteiger charge is -2.49. The molecule has 0 fully saturated rings. The number of rotatable bonds is 7. The lowest BCUT2D eigenvalue weighted by atomic mass is 9.95. The molecule has 0 saturated heterocycles. The highest BCUT2D eigenvalue weighted by atomic mass is 35.5. The number of hydrogen-bond donors (Lipinski definition) is 1. The third kappa shape index (κ3) is 4.54. The normalized spacial score (nSPS) is 24.1. The summed E-state index contributed by atoms with van der Waals surface area (Å²) in [5.41, 5.74) is -2.46. The Morgan fingerprint density at radius 3 is 2.10 bits per heavy atom. The minimum atomic E-state index is -4.38. The standard InChI is InChI=1S/C16H14Cl7NO4S/c1-2-3-8-28-15(24-29(26,27)10-6-4-9(17)5-7-10)12(19)11(18)13(25)14(20,21)16(15,22)23/h4-7,24H,2-3,8H2,1H3. The van der Waals surface area contributed by atoms with Gasteiger partial charge in [-0.15, -0.1) is 0 Å². The Kier molecular flexibility index (Phi) is 8.16. The second kappa shape index (κ2) is 9.18. The van der Waals surface area contributed by atoms with Gasteiger partial charge in [0.1, 0.15) is 5.03 Å². The van der Waals surface area contributed by atoms with Crippen LogP contribution in [0.25, 0.3) is 0 Å². The molecule has 2 rings (SSSR count). The van der Waals surface area contributed by atoms with Crippen LogP contribution in [0.5, 0.6) is 0 Å². The van der Waals surface area contributed by atoms with E-state index < -0.39 is 40.3 Å². The maximum atomic E-state index is 13.0. The van der Waals surface area contributed by atoms with Gasteiger partial charge < -0.3 is 4.74 Å². The van der Waals surface area contributed by atoms with Crippen LogP contribution in [0.2, 0.25) is 5.02 Å². The number of nitrogens with one attached hydrogen (secondary N) is 1. The molecule has 1 N–H and O–H groups in total. The molecule has 0 spiro atoms. The zero-order valence-corrected chi connectivity index (χ0v) is 20.7. The minimum Gasteiger partial charge on any atom is -0.351 e. The van der Waals surface area contributed by atoms with Crippen molar-refractivity contribution in [1.29, 1.82) is 0 Å². The van der Waals surface area contributed by atoms with Crippen LogP contribution in [0.4, 0.5) is 0 Å². The van der Waals surface area contributed by atoms with Crippen LogP contribution in [0, 0.1) is 0 Å². The molecule has 5 nitrogen and oxygen atoms in total. The van der Waals surface area contributed by atoms with Crippen molar-refractivity contribution >= 4 is 97.0 Å².